The van der Waals surface area contributed by atoms with Crippen molar-refractivity contribution in [2.75, 3.05) is 0 Å². The van der Waals surface area contributed by atoms with Crippen molar-refractivity contribution < 1.29 is 19.4 Å². The molecule has 0 N–H and O–H groups in total. The predicted octanol–water partition coefficient (Wildman–Crippen LogP) is 7.03. The van der Waals surface area contributed by atoms with Gasteiger partial charge in [0.25, 0.3) is 0 Å². The molecule has 0 aliphatic heterocycles. The van der Waals surface area contributed by atoms with Crippen LogP contribution in [-0.2, 0) is 25.8 Å². The molecule has 30 heavy (non-hydrogen) atoms. The van der Waals surface area contributed by atoms with Crippen molar-refractivity contribution in [2.45, 2.75) is 63.9 Å². The Kier molecular flexibility index (Phi) is 11.6. The Hall–Kier alpha value is -0.400. The van der Waals surface area contributed by atoms with Crippen molar-refractivity contribution in [1.29, 1.82) is 0 Å². The third kappa shape index (κ3) is 6.10. The second kappa shape index (κ2) is 12.6. The zero-order chi connectivity index (χ0) is 20.1. The van der Waals surface area contributed by atoms with Crippen molar-refractivity contribution in [3.8, 4) is 11.1 Å². The van der Waals surface area contributed by atoms with Gasteiger partial charge in [-0.05, 0) is 0 Å². The van der Waals surface area contributed by atoms with Gasteiger partial charge in [0, 0.05) is 0 Å². The first-order chi connectivity index (χ1) is 13.5. The molecule has 0 saturated heterocycles. The normalized spacial score (nSPS) is 15.3. The largest absolute Gasteiger partial charge is 0.147 e. The van der Waals surface area contributed by atoms with Crippen LogP contribution in [0.1, 0.15) is 64.0 Å². The van der Waals surface area contributed by atoms with Gasteiger partial charge in [0.1, 0.15) is 0 Å². The number of benzene rings is 2. The van der Waals surface area contributed by atoms with E-state index >= 15 is 0 Å². The van der Waals surface area contributed by atoms with Crippen LogP contribution in [0.2, 0.25) is 4.63 Å². The van der Waals surface area contributed by atoms with Gasteiger partial charge in [-0.25, -0.2) is 0 Å². The van der Waals surface area contributed by atoms with Gasteiger partial charge in [-0.2, -0.15) is 0 Å². The molecule has 2 aromatic rings. The molecule has 2 aliphatic rings. The quantitative estimate of drug-likeness (QED) is 0.241. The van der Waals surface area contributed by atoms with Crippen LogP contribution in [-0.4, -0.2) is 7.37 Å². The van der Waals surface area contributed by atoms with Gasteiger partial charge < -0.3 is 0 Å². The van der Waals surface area contributed by atoms with Crippen molar-refractivity contribution in [2.24, 2.45) is 0 Å². The van der Waals surface area contributed by atoms with E-state index in [1.54, 1.807) is 8.83 Å². The van der Waals surface area contributed by atoms with E-state index < -0.39 is 19.4 Å². The molecule has 4 rings (SSSR count). The van der Waals surface area contributed by atoms with E-state index in [4.69, 9.17) is 0 Å². The van der Waals surface area contributed by atoms with Crippen molar-refractivity contribution in [1.82, 2.24) is 0 Å². The summed E-state index contributed by atoms with van der Waals surface area (Å²) in [7, 11) is 1.36. The van der Waals surface area contributed by atoms with E-state index in [0.29, 0.717) is 0 Å². The second-order valence-electron chi connectivity index (χ2n) is 8.82. The minimum absolute atomic E-state index is 0. The number of halogens is 2. The molecule has 164 valence electrons. The molecular weight excluding hydrogens is 503 g/mol. The maximum absolute atomic E-state index is 2.65. The molecule has 0 nitrogen and oxygen atoms in total. The molecule has 2 aliphatic carbocycles. The van der Waals surface area contributed by atoms with Gasteiger partial charge in [-0.1, -0.05) is 39.5 Å². The smallest absolute Gasteiger partial charge is 0.0536 e. The van der Waals surface area contributed by atoms with Gasteiger partial charge in [-0.15, -0.1) is 24.8 Å². The molecular formula is C26H38Cl2SiZr. The van der Waals surface area contributed by atoms with E-state index in [2.05, 4.69) is 80.0 Å². The van der Waals surface area contributed by atoms with Crippen molar-refractivity contribution in [3.05, 3.63) is 74.6 Å². The van der Waals surface area contributed by atoms with Crippen LogP contribution in [0.5, 0.6) is 0 Å². The first-order valence-electron chi connectivity index (χ1n) is 11.1. The van der Waals surface area contributed by atoms with Crippen LogP contribution in [0.3, 0.4) is 0 Å². The number of hydrogen-bond acceptors (Lipinski definition) is 0. The second-order valence-corrected chi connectivity index (χ2v) is 31.5. The summed E-state index contributed by atoms with van der Waals surface area (Å²) in [5.74, 6) is 0. The number of fused-ring (bicyclic) bond motifs is 3. The van der Waals surface area contributed by atoms with Crippen LogP contribution >= 0.6 is 24.8 Å². The Balaban J connectivity index is 0.000000500. The molecule has 0 saturated carbocycles. The van der Waals surface area contributed by atoms with Crippen LogP contribution in [0.25, 0.3) is 11.1 Å². The van der Waals surface area contributed by atoms with Gasteiger partial charge in [0.2, 0.25) is 0 Å². The van der Waals surface area contributed by atoms with Crippen LogP contribution in [0.4, 0.5) is 0 Å². The van der Waals surface area contributed by atoms with Crippen LogP contribution in [0.15, 0.2) is 63.5 Å². The molecule has 0 radical (unpaired) electrons. The fourth-order valence-corrected chi connectivity index (χ4v) is 16.8. The molecule has 1 atom stereocenters. The Morgan fingerprint density at radius 2 is 1.53 bits per heavy atom. The maximum Gasteiger partial charge on any atom is -0.0536 e. The Morgan fingerprint density at radius 1 is 0.900 bits per heavy atom. The zero-order valence-electron chi connectivity index (χ0n) is 19.3. The zero-order valence-corrected chi connectivity index (χ0v) is 25.3. The summed E-state index contributed by atoms with van der Waals surface area (Å²) >= 11 is -2.29. The fraction of sp³-hybridized carbons (Fsp3) is 0.385. The third-order valence-electron chi connectivity index (χ3n) is 6.33. The summed E-state index contributed by atoms with van der Waals surface area (Å²) in [5.41, 5.74) is 7.63. The molecule has 4 heteroatoms. The van der Waals surface area contributed by atoms with Crippen LogP contribution in [0, 0.1) is 0 Å². The molecule has 0 amide bonds. The molecule has 0 bridgehead atoms. The summed E-state index contributed by atoms with van der Waals surface area (Å²) in [5, 5.41) is 0. The third-order valence-corrected chi connectivity index (χ3v) is 22.6. The van der Waals surface area contributed by atoms with E-state index in [9.17, 15) is 0 Å². The average molecular weight is 541 g/mol. The first-order valence-corrected chi connectivity index (χ1v) is 24.4. The number of hydrogen-bond donors (Lipinski definition) is 0. The number of allylic oxidation sites excluding steroid dienone is 4. The maximum atomic E-state index is 2.65. The SMILES string of the molecule is CC1=CC[C]([Zr]([CH3])([SiH3])[c]2cccc3c2Cc2ccccc2-3)=C1.CCCCCC.Cl.Cl. The Labute approximate surface area is 203 Å². The Bertz CT molecular complexity index is 896. The summed E-state index contributed by atoms with van der Waals surface area (Å²) in [4.78, 5) is 0. The molecule has 0 fully saturated rings. The average Bonchev–Trinajstić information content (AvgIpc) is 3.30. The van der Waals surface area contributed by atoms with Gasteiger partial charge in [-0.3, -0.25) is 0 Å². The van der Waals surface area contributed by atoms with E-state index in [1.807, 2.05) is 3.28 Å². The monoisotopic (exact) mass is 538 g/mol. The molecule has 2 aromatic carbocycles. The van der Waals surface area contributed by atoms with E-state index in [1.165, 1.54) is 61.7 Å². The standard InChI is InChI=1S/C13H9.C6H7.C6H14.CH3.2ClH.H3Si.Zr/c1-3-7-12-10(5-1)9-11-6-2-4-8-13(11)12;1-6-4-2-3-5-6;1-3-5-6-4-2;;;;;/h1-5,7-8H,9H2;4-5H,2H2,1H3;3-6H2,1-2H3;1H3;2*1H;1H3;. The molecule has 1 unspecified atom stereocenters. The molecule has 0 heterocycles. The van der Waals surface area contributed by atoms with Gasteiger partial charge in [0.15, 0.2) is 0 Å². The Morgan fingerprint density at radius 3 is 2.13 bits per heavy atom. The predicted molar refractivity (Wildman–Crippen MR) is 141 cm³/mol. The topological polar surface area (TPSA) is 0 Å². The van der Waals surface area contributed by atoms with Crippen molar-refractivity contribution in [3.63, 3.8) is 0 Å². The molecule has 0 spiro atoms. The van der Waals surface area contributed by atoms with E-state index in [0.717, 1.165) is 6.42 Å². The summed E-state index contributed by atoms with van der Waals surface area (Å²) in [6.07, 6.45) is 12.8. The summed E-state index contributed by atoms with van der Waals surface area (Å²) in [6.45, 7) is 6.72. The summed E-state index contributed by atoms with van der Waals surface area (Å²) in [6, 6.07) is 16.1. The molecule has 0 aromatic heterocycles. The number of unbranched alkanes of at least 4 members (excludes halogenated alkanes) is 3. The summed E-state index contributed by atoms with van der Waals surface area (Å²) < 4.78 is 6.23. The van der Waals surface area contributed by atoms with Crippen molar-refractivity contribution >= 4 is 35.5 Å². The fourth-order valence-electron chi connectivity index (χ4n) is 4.52. The minimum atomic E-state index is -2.29. The first kappa shape index (κ1) is 27.6. The van der Waals surface area contributed by atoms with Crippen LogP contribution < -0.4 is 3.27 Å². The minimum Gasteiger partial charge on any atom is -0.147 e. The number of rotatable bonds is 5. The van der Waals surface area contributed by atoms with E-state index in [-0.39, 0.29) is 24.8 Å². The van der Waals surface area contributed by atoms with Gasteiger partial charge >= 0.3 is 140 Å². The van der Waals surface area contributed by atoms with Gasteiger partial charge in [0.05, 0.1) is 0 Å².